The van der Waals surface area contributed by atoms with E-state index in [2.05, 4.69) is 16.0 Å². The van der Waals surface area contributed by atoms with Gasteiger partial charge in [0.2, 0.25) is 11.8 Å². The Balaban J connectivity index is 0.000000270. The summed E-state index contributed by atoms with van der Waals surface area (Å²) < 4.78 is 16.4. The minimum Gasteiger partial charge on any atom is -0.481 e. The summed E-state index contributed by atoms with van der Waals surface area (Å²) in [5.41, 5.74) is 4.68. The average molecular weight is 908 g/mol. The summed E-state index contributed by atoms with van der Waals surface area (Å²) in [6.45, 7) is 17.1. The van der Waals surface area contributed by atoms with Gasteiger partial charge >= 0.3 is 18.2 Å². The standard InChI is InChI=1S/C15H26N2O3.C10H18N2O.C10H17NO4.C5H11N.CH3I/c1-15(2,3)20-14(19)16-12-9-11(10-12)13(18)17-7-5-4-6-8-17;11-9-6-8(7-9)10(13)12-4-2-1-3-5-12;1-10(2,3)15-9(14)11-7-4-6(5-7)8(12)13;1-2-4-6-5-3-1;1-2/h11-12H,4-10H2,1-3H3,(H,16,19);8-9H,1-7,11H2;6-7H,4-5H2,1-3H3,(H,11,14)(H,12,13);6H,1-5H2;1H3/i;;;;1D. The van der Waals surface area contributed by atoms with Gasteiger partial charge in [0.1, 0.15) is 11.2 Å². The third-order valence-electron chi connectivity index (χ3n) is 10.5. The molecule has 0 aromatic carbocycles. The molecule has 56 heavy (non-hydrogen) atoms. The number of alkyl halides is 1. The van der Waals surface area contributed by atoms with Crippen molar-refractivity contribution in [1.29, 1.82) is 0 Å². The van der Waals surface area contributed by atoms with Crippen molar-refractivity contribution in [2.45, 2.75) is 167 Å². The number of aliphatic carboxylic acids is 1. The Kier molecular flexibility index (Phi) is 21.6. The molecule has 0 aromatic heterocycles. The molecule has 14 nitrogen and oxygen atoms in total. The number of alkyl carbamates (subject to hydrolysis) is 2. The molecule has 3 saturated carbocycles. The molecule has 4 amide bonds. The predicted octanol–water partition coefficient (Wildman–Crippen LogP) is 6.22. The van der Waals surface area contributed by atoms with Crippen LogP contribution in [0.2, 0.25) is 0 Å². The maximum absolute atomic E-state index is 12.2. The van der Waals surface area contributed by atoms with E-state index in [4.69, 9.17) is 21.7 Å². The van der Waals surface area contributed by atoms with Gasteiger partial charge in [-0.05, 0) is 149 Å². The Labute approximate surface area is 351 Å². The van der Waals surface area contributed by atoms with Crippen LogP contribution in [-0.2, 0) is 23.9 Å². The number of nitrogens with zero attached hydrogens (tertiary/aromatic N) is 2. The second-order valence-corrected chi connectivity index (χ2v) is 17.9. The van der Waals surface area contributed by atoms with Crippen molar-refractivity contribution in [2.24, 2.45) is 23.5 Å². The van der Waals surface area contributed by atoms with Crippen molar-refractivity contribution >= 4 is 52.6 Å². The number of hydrogen-bond donors (Lipinski definition) is 5. The van der Waals surface area contributed by atoms with E-state index in [1.807, 2.05) is 53.2 Å². The van der Waals surface area contributed by atoms with Crippen molar-refractivity contribution in [2.75, 3.05) is 44.2 Å². The minimum atomic E-state index is -0.794. The second kappa shape index (κ2) is 25.2. The van der Waals surface area contributed by atoms with Crippen molar-refractivity contribution in [3.8, 4) is 0 Å². The lowest BCUT2D eigenvalue weighted by Gasteiger charge is -2.39. The lowest BCUT2D eigenvalue weighted by molar-refractivity contribution is -0.145. The largest absolute Gasteiger partial charge is 0.481 e. The van der Waals surface area contributed by atoms with Crippen molar-refractivity contribution < 1.29 is 39.9 Å². The molecule has 3 aliphatic carbocycles. The zero-order valence-electron chi connectivity index (χ0n) is 36.2. The summed E-state index contributed by atoms with van der Waals surface area (Å²) in [7, 11) is 0. The normalized spacial score (nSPS) is 27.1. The molecule has 324 valence electrons. The van der Waals surface area contributed by atoms with Gasteiger partial charge in [-0.25, -0.2) is 9.59 Å². The highest BCUT2D eigenvalue weighted by molar-refractivity contribution is 14.1. The molecule has 0 spiro atoms. The van der Waals surface area contributed by atoms with Crippen LogP contribution in [0.15, 0.2) is 0 Å². The first-order valence-corrected chi connectivity index (χ1v) is 22.4. The lowest BCUT2D eigenvalue weighted by Crippen LogP contribution is -2.51. The van der Waals surface area contributed by atoms with Gasteiger partial charge in [0.25, 0.3) is 0 Å². The molecule has 3 heterocycles. The molecule has 6 fully saturated rings. The Morgan fingerprint density at radius 1 is 0.643 bits per heavy atom. The van der Waals surface area contributed by atoms with Gasteiger partial charge in [-0.15, -0.1) is 0 Å². The molecular formula is C41H75IN6O8. The van der Waals surface area contributed by atoms with Gasteiger partial charge in [0, 0.05) is 57.5 Å². The van der Waals surface area contributed by atoms with Gasteiger partial charge in [0.15, 0.2) is 0 Å². The Hall–Kier alpha value is -2.40. The monoisotopic (exact) mass is 907 g/mol. The zero-order valence-corrected chi connectivity index (χ0v) is 37.3. The molecule has 0 radical (unpaired) electrons. The molecule has 0 unspecified atom stereocenters. The number of piperidine rings is 3. The van der Waals surface area contributed by atoms with Gasteiger partial charge in [-0.2, -0.15) is 0 Å². The van der Waals surface area contributed by atoms with Crippen molar-refractivity contribution in [3.63, 3.8) is 0 Å². The molecule has 0 atom stereocenters. The molecule has 3 saturated heterocycles. The van der Waals surface area contributed by atoms with Gasteiger partial charge in [-0.1, -0.05) is 29.0 Å². The molecular weight excluding hydrogens is 831 g/mol. The quantitative estimate of drug-likeness (QED) is 0.156. The number of nitrogens with one attached hydrogen (secondary N) is 3. The zero-order chi connectivity index (χ0) is 42.6. The third kappa shape index (κ3) is 19.8. The van der Waals surface area contributed by atoms with Gasteiger partial charge in [-0.3, -0.25) is 14.4 Å². The fraction of sp³-hybridized carbons (Fsp3) is 0.878. The first-order valence-electron chi connectivity index (χ1n) is 21.6. The highest BCUT2D eigenvalue weighted by atomic mass is 127. The van der Waals surface area contributed by atoms with E-state index >= 15 is 0 Å². The second-order valence-electron chi connectivity index (χ2n) is 17.9. The highest BCUT2D eigenvalue weighted by Gasteiger charge is 2.39. The van der Waals surface area contributed by atoms with Crippen LogP contribution in [0.5, 0.6) is 0 Å². The summed E-state index contributed by atoms with van der Waals surface area (Å²) in [5, 5.41) is 17.4. The van der Waals surface area contributed by atoms with Crippen LogP contribution in [0.25, 0.3) is 0 Å². The summed E-state index contributed by atoms with van der Waals surface area (Å²) in [4.78, 5) is 61.9. The molecule has 0 bridgehead atoms. The summed E-state index contributed by atoms with van der Waals surface area (Å²) in [5.74, 6) is -0.128. The van der Waals surface area contributed by atoms with Gasteiger partial charge < -0.3 is 46.1 Å². The van der Waals surface area contributed by atoms with E-state index in [0.29, 0.717) is 29.7 Å². The fourth-order valence-corrected chi connectivity index (χ4v) is 7.23. The highest BCUT2D eigenvalue weighted by Crippen LogP contribution is 2.31. The van der Waals surface area contributed by atoms with Crippen LogP contribution in [0.1, 0.15) is 139 Å². The smallest absolute Gasteiger partial charge is 0.407 e. The van der Waals surface area contributed by atoms with Gasteiger partial charge in [0.05, 0.1) is 5.92 Å². The van der Waals surface area contributed by atoms with E-state index in [0.717, 1.165) is 64.7 Å². The molecule has 6 aliphatic rings. The van der Waals surface area contributed by atoms with E-state index in [9.17, 15) is 24.0 Å². The van der Waals surface area contributed by atoms with E-state index in [1.54, 1.807) is 20.8 Å². The SMILES string of the molecule is C1CCNCC1.CC(C)(C)OC(=O)NC1CC(C(=O)N2CCCCC2)C1.CC(C)(C)OC(=O)NC1CC(C(=O)O)C1.NC1CC(C(=O)N2CCCCC2)C1.[2H]CI. The van der Waals surface area contributed by atoms with Crippen LogP contribution < -0.4 is 21.7 Å². The molecule has 3 aliphatic heterocycles. The minimum absolute atomic E-state index is 0.0547. The van der Waals surface area contributed by atoms with Crippen LogP contribution in [-0.4, -0.2) is 118 Å². The number of carboxylic acid groups (broad SMARTS) is 1. The van der Waals surface area contributed by atoms with Crippen molar-refractivity contribution in [1.82, 2.24) is 25.8 Å². The van der Waals surface area contributed by atoms with E-state index < -0.39 is 23.3 Å². The molecule has 6 N–H and O–H groups in total. The summed E-state index contributed by atoms with van der Waals surface area (Å²) in [6.07, 6.45) is 14.8. The fourth-order valence-electron chi connectivity index (χ4n) is 7.23. The Bertz CT molecular complexity index is 1210. The summed E-state index contributed by atoms with van der Waals surface area (Å²) >= 11 is 1.96. The van der Waals surface area contributed by atoms with E-state index in [1.165, 1.54) is 58.0 Å². The number of rotatable bonds is 5. The van der Waals surface area contributed by atoms with Crippen LogP contribution in [0.3, 0.4) is 0 Å². The number of amides is 4. The van der Waals surface area contributed by atoms with Crippen LogP contribution in [0, 0.1) is 17.8 Å². The Morgan fingerprint density at radius 3 is 1.27 bits per heavy atom. The molecule has 0 aromatic rings. The first kappa shape index (κ1) is 48.0. The number of carbonyl (C=O) groups excluding carboxylic acids is 4. The lowest BCUT2D eigenvalue weighted by atomic mass is 9.79. The number of ether oxygens (including phenoxy) is 2. The van der Waals surface area contributed by atoms with Crippen molar-refractivity contribution in [3.05, 3.63) is 0 Å². The van der Waals surface area contributed by atoms with Crippen LogP contribution >= 0.6 is 22.6 Å². The predicted molar refractivity (Wildman–Crippen MR) is 228 cm³/mol. The first-order chi connectivity index (χ1) is 26.8. The maximum atomic E-state index is 12.2. The topological polar surface area (TPSA) is 193 Å². The van der Waals surface area contributed by atoms with Crippen LogP contribution in [0.4, 0.5) is 9.59 Å². The maximum Gasteiger partial charge on any atom is 0.407 e. The number of nitrogens with two attached hydrogens (primary N) is 1. The average Bonchev–Trinajstić information content (AvgIpc) is 3.10. The molecule has 15 heteroatoms. The number of hydrogen-bond acceptors (Lipinski definition) is 9. The summed E-state index contributed by atoms with van der Waals surface area (Å²) in [6, 6.07) is 0.322. The number of halogens is 1. The Morgan fingerprint density at radius 2 is 0.982 bits per heavy atom. The number of carboxylic acids is 1. The number of carbonyl (C=O) groups is 5. The van der Waals surface area contributed by atoms with E-state index in [-0.39, 0.29) is 41.8 Å². The number of likely N-dealkylation sites (tertiary alicyclic amines) is 2. The molecule has 6 rings (SSSR count). The third-order valence-corrected chi connectivity index (χ3v) is 10.5.